The molecule has 1 unspecified atom stereocenters. The van der Waals surface area contributed by atoms with E-state index in [4.69, 9.17) is 23.7 Å². The Morgan fingerprint density at radius 1 is 0.861 bits per heavy atom. The maximum absolute atomic E-state index is 11.9. The first-order chi connectivity index (χ1) is 17.6. The van der Waals surface area contributed by atoms with E-state index in [-0.39, 0.29) is 17.5 Å². The van der Waals surface area contributed by atoms with Crippen molar-refractivity contribution in [3.8, 4) is 17.6 Å². The Labute approximate surface area is 212 Å². The summed E-state index contributed by atoms with van der Waals surface area (Å²) < 4.78 is 26.7. The van der Waals surface area contributed by atoms with Crippen LogP contribution in [0.3, 0.4) is 0 Å². The molecule has 1 fully saturated rings. The van der Waals surface area contributed by atoms with Crippen LogP contribution in [-0.2, 0) is 18.9 Å². The maximum atomic E-state index is 11.9. The zero-order chi connectivity index (χ0) is 25.6. The lowest BCUT2D eigenvalue weighted by Crippen LogP contribution is -2.35. The molecular formula is C26H38N2O8. The molecule has 0 radical (unpaired) electrons. The predicted octanol–water partition coefficient (Wildman–Crippen LogP) is 1.70. The van der Waals surface area contributed by atoms with Gasteiger partial charge in [-0.3, -0.25) is 9.59 Å². The molecule has 0 saturated heterocycles. The Kier molecular flexibility index (Phi) is 12.0. The summed E-state index contributed by atoms with van der Waals surface area (Å²) in [6.45, 7) is 4.46. The Morgan fingerprint density at radius 2 is 1.44 bits per heavy atom. The molecule has 10 nitrogen and oxygen atoms in total. The molecule has 3 atom stereocenters. The topological polar surface area (TPSA) is 121 Å². The van der Waals surface area contributed by atoms with E-state index < -0.39 is 10.9 Å². The molecule has 0 spiro atoms. The minimum Gasteiger partial charge on any atom is -0.491 e. The van der Waals surface area contributed by atoms with E-state index in [9.17, 15) is 14.4 Å². The molecule has 0 aliphatic heterocycles. The summed E-state index contributed by atoms with van der Waals surface area (Å²) in [6, 6.07) is 0. The third-order valence-corrected chi connectivity index (χ3v) is 6.56. The summed E-state index contributed by atoms with van der Waals surface area (Å²) in [7, 11) is 1.37. The molecule has 36 heavy (non-hydrogen) atoms. The molecule has 2 N–H and O–H groups in total. The number of anilines is 1. The second-order valence-electron chi connectivity index (χ2n) is 8.99. The van der Waals surface area contributed by atoms with Gasteiger partial charge in [-0.2, -0.15) is 0 Å². The first kappa shape index (κ1) is 28.0. The van der Waals surface area contributed by atoms with Crippen LogP contribution >= 0.6 is 0 Å². The van der Waals surface area contributed by atoms with Gasteiger partial charge >= 0.3 is 6.09 Å². The number of nitrogens with one attached hydrogen (secondary N) is 2. The van der Waals surface area contributed by atoms with Gasteiger partial charge in [0.15, 0.2) is 5.75 Å². The molecule has 0 aromatic heterocycles. The highest BCUT2D eigenvalue weighted by atomic mass is 16.6. The molecule has 200 valence electrons. The van der Waals surface area contributed by atoms with Gasteiger partial charge in [0.2, 0.25) is 0 Å². The first-order valence-electron chi connectivity index (χ1n) is 12.8. The predicted molar refractivity (Wildman–Crippen MR) is 134 cm³/mol. The minimum absolute atomic E-state index is 0.0957. The van der Waals surface area contributed by atoms with Crippen LogP contribution in [-0.4, -0.2) is 72.5 Å². The molecule has 1 amide bonds. The number of hydrogen-bond donors (Lipinski definition) is 2. The molecule has 1 aromatic rings. The lowest BCUT2D eigenvalue weighted by Gasteiger charge is -2.11. The Bertz CT molecular complexity index is 928. The van der Waals surface area contributed by atoms with Crippen molar-refractivity contribution in [2.75, 3.05) is 71.8 Å². The number of ether oxygens (including phenoxy) is 5. The summed E-state index contributed by atoms with van der Waals surface area (Å²) in [5, 5.41) is 5.67. The quantitative estimate of drug-likeness (QED) is 0.174. The van der Waals surface area contributed by atoms with Crippen LogP contribution in [0.2, 0.25) is 0 Å². The van der Waals surface area contributed by atoms with Crippen LogP contribution in [0.15, 0.2) is 9.59 Å². The third kappa shape index (κ3) is 8.80. The fourth-order valence-corrected chi connectivity index (χ4v) is 4.53. The Balaban J connectivity index is 1.03. The SMILES string of the molecule is COc1c(NCCCOCCOCCOCCCNC(=O)OCC2[C@H]3CCC#CCC[C@@H]23)c(=O)c1=O. The average molecular weight is 507 g/mol. The van der Waals surface area contributed by atoms with Gasteiger partial charge in [0.25, 0.3) is 10.9 Å². The second-order valence-corrected chi connectivity index (χ2v) is 8.99. The average Bonchev–Trinajstić information content (AvgIpc) is 3.52. The highest BCUT2D eigenvalue weighted by molar-refractivity contribution is 5.67. The van der Waals surface area contributed by atoms with Gasteiger partial charge in [-0.25, -0.2) is 4.79 Å². The number of carbonyl (C=O) groups is 1. The first-order valence-corrected chi connectivity index (χ1v) is 12.8. The molecular weight excluding hydrogens is 468 g/mol. The van der Waals surface area contributed by atoms with Crippen molar-refractivity contribution in [1.29, 1.82) is 0 Å². The largest absolute Gasteiger partial charge is 0.491 e. The van der Waals surface area contributed by atoms with Crippen LogP contribution in [0.4, 0.5) is 10.5 Å². The van der Waals surface area contributed by atoms with Crippen molar-refractivity contribution >= 4 is 11.8 Å². The van der Waals surface area contributed by atoms with E-state index in [0.717, 1.165) is 25.7 Å². The monoisotopic (exact) mass is 506 g/mol. The summed E-state index contributed by atoms with van der Waals surface area (Å²) in [5.41, 5.74) is -0.878. The number of fused-ring (bicyclic) bond motifs is 1. The fourth-order valence-electron chi connectivity index (χ4n) is 4.53. The Morgan fingerprint density at radius 3 is 2.06 bits per heavy atom. The highest BCUT2D eigenvalue weighted by Crippen LogP contribution is 2.52. The van der Waals surface area contributed by atoms with Gasteiger partial charge in [-0.05, 0) is 43.4 Å². The van der Waals surface area contributed by atoms with Crippen molar-refractivity contribution in [1.82, 2.24) is 5.32 Å². The fraction of sp³-hybridized carbons (Fsp3) is 0.731. The molecule has 0 heterocycles. The van der Waals surface area contributed by atoms with Gasteiger partial charge < -0.3 is 34.3 Å². The zero-order valence-electron chi connectivity index (χ0n) is 21.1. The van der Waals surface area contributed by atoms with Gasteiger partial charge in [0.1, 0.15) is 5.69 Å². The molecule has 1 saturated carbocycles. The van der Waals surface area contributed by atoms with E-state index in [1.54, 1.807) is 0 Å². The lowest BCUT2D eigenvalue weighted by molar-refractivity contribution is 0.0141. The molecule has 2 aliphatic rings. The van der Waals surface area contributed by atoms with E-state index in [2.05, 4.69) is 22.5 Å². The van der Waals surface area contributed by atoms with Crippen molar-refractivity contribution in [2.45, 2.75) is 38.5 Å². The summed E-state index contributed by atoms with van der Waals surface area (Å²) >= 11 is 0. The zero-order valence-corrected chi connectivity index (χ0v) is 21.1. The summed E-state index contributed by atoms with van der Waals surface area (Å²) in [6.07, 6.45) is 5.23. The van der Waals surface area contributed by atoms with E-state index >= 15 is 0 Å². The van der Waals surface area contributed by atoms with Crippen LogP contribution in [0.1, 0.15) is 38.5 Å². The second kappa shape index (κ2) is 15.5. The molecule has 3 rings (SSSR count). The van der Waals surface area contributed by atoms with Crippen molar-refractivity contribution in [2.24, 2.45) is 17.8 Å². The lowest BCUT2D eigenvalue weighted by atomic mass is 10.1. The van der Waals surface area contributed by atoms with E-state index in [0.29, 0.717) is 89.9 Å². The number of rotatable bonds is 18. The highest BCUT2D eigenvalue weighted by Gasteiger charge is 2.49. The third-order valence-electron chi connectivity index (χ3n) is 6.56. The molecule has 10 heteroatoms. The van der Waals surface area contributed by atoms with Crippen LogP contribution in [0.25, 0.3) is 0 Å². The van der Waals surface area contributed by atoms with Crippen molar-refractivity contribution < 1.29 is 28.5 Å². The van der Waals surface area contributed by atoms with E-state index in [1.165, 1.54) is 7.11 Å². The number of hydrogen-bond acceptors (Lipinski definition) is 9. The molecule has 1 aromatic carbocycles. The molecule has 0 bridgehead atoms. The number of amides is 1. The van der Waals surface area contributed by atoms with Gasteiger partial charge in [0, 0.05) is 39.1 Å². The van der Waals surface area contributed by atoms with Gasteiger partial charge in [0.05, 0.1) is 40.1 Å². The smallest absolute Gasteiger partial charge is 0.407 e. The Hall–Kier alpha value is -2.61. The van der Waals surface area contributed by atoms with Crippen LogP contribution < -0.4 is 26.2 Å². The van der Waals surface area contributed by atoms with Crippen LogP contribution in [0, 0.1) is 29.6 Å². The van der Waals surface area contributed by atoms with Crippen molar-refractivity contribution in [3.05, 3.63) is 20.4 Å². The standard InChI is InChI=1S/C26H38N2O8/c1-32-25-22(23(29)24(25)30)27-10-6-12-33-14-16-35-17-15-34-13-7-11-28-26(31)36-18-21-19-8-4-2-3-5-9-20(19)21/h19-21,27H,4-18H2,1H3,(H,28,31)/t19-,20+,21?. The van der Waals surface area contributed by atoms with Gasteiger partial charge in [-0.15, -0.1) is 11.8 Å². The van der Waals surface area contributed by atoms with Crippen LogP contribution in [0.5, 0.6) is 5.75 Å². The summed E-state index contributed by atoms with van der Waals surface area (Å²) in [5.74, 6) is 8.34. The molecule has 2 aliphatic carbocycles. The number of methoxy groups -OCH3 is 1. The number of alkyl carbamates (subject to hydrolysis) is 1. The minimum atomic E-state index is -0.586. The summed E-state index contributed by atoms with van der Waals surface area (Å²) in [4.78, 5) is 34.5. The number of carbonyl (C=O) groups excluding carboxylic acids is 1. The maximum Gasteiger partial charge on any atom is 0.407 e. The van der Waals surface area contributed by atoms with Crippen molar-refractivity contribution in [3.63, 3.8) is 0 Å². The van der Waals surface area contributed by atoms with Gasteiger partial charge in [-0.1, -0.05) is 0 Å². The normalized spacial score (nSPS) is 20.4. The van der Waals surface area contributed by atoms with E-state index in [1.807, 2.05) is 0 Å².